The molecule has 3 rings (SSSR count). The second-order valence-electron chi connectivity index (χ2n) is 5.88. The van der Waals surface area contributed by atoms with Gasteiger partial charge in [0.25, 0.3) is 0 Å². The Bertz CT molecular complexity index is 853. The van der Waals surface area contributed by atoms with Crippen LogP contribution in [0.25, 0.3) is 0 Å². The Labute approximate surface area is 159 Å². The molecule has 0 radical (unpaired) electrons. The van der Waals surface area contributed by atoms with Crippen molar-refractivity contribution < 1.29 is 9.47 Å². The SMILES string of the molecule is CCOc1ccc(Nc2nccc(NCCc3cccc(OC)c3)n2)cc1. The minimum atomic E-state index is 0.547. The first kappa shape index (κ1) is 18.5. The molecule has 0 fully saturated rings. The lowest BCUT2D eigenvalue weighted by Crippen LogP contribution is -2.08. The zero-order valence-corrected chi connectivity index (χ0v) is 15.6. The topological polar surface area (TPSA) is 68.3 Å². The minimum Gasteiger partial charge on any atom is -0.497 e. The number of nitrogens with zero attached hydrogens (tertiary/aromatic N) is 2. The highest BCUT2D eigenvalue weighted by Crippen LogP contribution is 2.19. The smallest absolute Gasteiger partial charge is 0.229 e. The molecule has 0 spiro atoms. The van der Waals surface area contributed by atoms with Crippen molar-refractivity contribution in [3.05, 3.63) is 66.4 Å². The van der Waals surface area contributed by atoms with Crippen LogP contribution >= 0.6 is 0 Å². The van der Waals surface area contributed by atoms with Gasteiger partial charge in [0, 0.05) is 18.4 Å². The van der Waals surface area contributed by atoms with Crippen LogP contribution in [-0.2, 0) is 6.42 Å². The maximum Gasteiger partial charge on any atom is 0.229 e. The third-order valence-corrected chi connectivity index (χ3v) is 3.93. The van der Waals surface area contributed by atoms with Crippen LogP contribution in [-0.4, -0.2) is 30.2 Å². The molecule has 2 N–H and O–H groups in total. The van der Waals surface area contributed by atoms with E-state index in [1.807, 2.05) is 55.5 Å². The Balaban J connectivity index is 1.55. The fourth-order valence-electron chi connectivity index (χ4n) is 2.61. The summed E-state index contributed by atoms with van der Waals surface area (Å²) in [5.41, 5.74) is 2.12. The first-order chi connectivity index (χ1) is 13.3. The van der Waals surface area contributed by atoms with Gasteiger partial charge in [-0.25, -0.2) is 4.98 Å². The van der Waals surface area contributed by atoms with Gasteiger partial charge in [-0.1, -0.05) is 12.1 Å². The predicted octanol–water partition coefficient (Wildman–Crippen LogP) is 4.28. The summed E-state index contributed by atoms with van der Waals surface area (Å²) in [5.74, 6) is 3.04. The number of nitrogens with one attached hydrogen (secondary N) is 2. The minimum absolute atomic E-state index is 0.547. The molecular weight excluding hydrogens is 340 g/mol. The molecule has 1 heterocycles. The zero-order chi connectivity index (χ0) is 18.9. The van der Waals surface area contributed by atoms with Crippen molar-refractivity contribution in [1.82, 2.24) is 9.97 Å². The first-order valence-corrected chi connectivity index (χ1v) is 8.96. The third-order valence-electron chi connectivity index (χ3n) is 3.93. The van der Waals surface area contributed by atoms with Crippen LogP contribution < -0.4 is 20.1 Å². The lowest BCUT2D eigenvalue weighted by molar-refractivity contribution is 0.340. The Morgan fingerprint density at radius 2 is 1.85 bits per heavy atom. The van der Waals surface area contributed by atoms with Gasteiger partial charge in [0.1, 0.15) is 17.3 Å². The summed E-state index contributed by atoms with van der Waals surface area (Å²) in [6.45, 7) is 3.39. The third kappa shape index (κ3) is 5.60. The molecule has 0 saturated heterocycles. The normalized spacial score (nSPS) is 10.3. The number of aromatic nitrogens is 2. The second kappa shape index (κ2) is 9.43. The van der Waals surface area contributed by atoms with Crippen molar-refractivity contribution in [2.24, 2.45) is 0 Å². The summed E-state index contributed by atoms with van der Waals surface area (Å²) in [4.78, 5) is 8.77. The van der Waals surface area contributed by atoms with Crippen molar-refractivity contribution in [1.29, 1.82) is 0 Å². The van der Waals surface area contributed by atoms with E-state index in [4.69, 9.17) is 9.47 Å². The van der Waals surface area contributed by atoms with Gasteiger partial charge in [-0.05, 0) is 61.4 Å². The van der Waals surface area contributed by atoms with Gasteiger partial charge in [-0.15, -0.1) is 0 Å². The number of hydrogen-bond acceptors (Lipinski definition) is 6. The van der Waals surface area contributed by atoms with Crippen molar-refractivity contribution in [3.8, 4) is 11.5 Å². The molecule has 140 valence electrons. The highest BCUT2D eigenvalue weighted by molar-refractivity contribution is 5.55. The zero-order valence-electron chi connectivity index (χ0n) is 15.6. The average molecular weight is 364 g/mol. The van der Waals surface area contributed by atoms with E-state index < -0.39 is 0 Å². The van der Waals surface area contributed by atoms with Gasteiger partial charge < -0.3 is 20.1 Å². The molecule has 1 aromatic heterocycles. The Morgan fingerprint density at radius 3 is 2.63 bits per heavy atom. The van der Waals surface area contributed by atoms with Crippen LogP contribution in [0.3, 0.4) is 0 Å². The molecule has 0 aliphatic heterocycles. The van der Waals surface area contributed by atoms with Crippen LogP contribution in [0.15, 0.2) is 60.8 Å². The predicted molar refractivity (Wildman–Crippen MR) is 108 cm³/mol. The summed E-state index contributed by atoms with van der Waals surface area (Å²) < 4.78 is 10.7. The van der Waals surface area contributed by atoms with Gasteiger partial charge in [-0.2, -0.15) is 4.98 Å². The van der Waals surface area contributed by atoms with Crippen molar-refractivity contribution in [3.63, 3.8) is 0 Å². The summed E-state index contributed by atoms with van der Waals surface area (Å²) in [7, 11) is 1.68. The van der Waals surface area contributed by atoms with Crippen LogP contribution in [0.1, 0.15) is 12.5 Å². The lowest BCUT2D eigenvalue weighted by atomic mass is 10.1. The van der Waals surface area contributed by atoms with E-state index >= 15 is 0 Å². The Morgan fingerprint density at radius 1 is 1.00 bits per heavy atom. The van der Waals surface area contributed by atoms with Gasteiger partial charge in [0.15, 0.2) is 0 Å². The van der Waals surface area contributed by atoms with Gasteiger partial charge in [-0.3, -0.25) is 0 Å². The molecule has 0 amide bonds. The Hall–Kier alpha value is -3.28. The van der Waals surface area contributed by atoms with Gasteiger partial charge in [0.05, 0.1) is 13.7 Å². The highest BCUT2D eigenvalue weighted by atomic mass is 16.5. The van der Waals surface area contributed by atoms with Crippen LogP contribution in [0, 0.1) is 0 Å². The molecule has 27 heavy (non-hydrogen) atoms. The highest BCUT2D eigenvalue weighted by Gasteiger charge is 2.02. The van der Waals surface area contributed by atoms with Gasteiger partial charge >= 0.3 is 0 Å². The molecule has 0 saturated carbocycles. The largest absolute Gasteiger partial charge is 0.497 e. The molecule has 0 unspecified atom stereocenters. The van der Waals surface area contributed by atoms with E-state index in [9.17, 15) is 0 Å². The summed E-state index contributed by atoms with van der Waals surface area (Å²) >= 11 is 0. The molecular formula is C21H24N4O2. The molecule has 0 aliphatic rings. The van der Waals surface area contributed by atoms with Crippen molar-refractivity contribution in [2.45, 2.75) is 13.3 Å². The fraction of sp³-hybridized carbons (Fsp3) is 0.238. The molecule has 2 aromatic carbocycles. The van der Waals surface area contributed by atoms with E-state index in [1.54, 1.807) is 13.3 Å². The number of benzene rings is 2. The van der Waals surface area contributed by atoms with Crippen molar-refractivity contribution in [2.75, 3.05) is 30.9 Å². The van der Waals surface area contributed by atoms with E-state index in [0.717, 1.165) is 36.0 Å². The Kier molecular flexibility index (Phi) is 6.46. The van der Waals surface area contributed by atoms with Crippen molar-refractivity contribution >= 4 is 17.5 Å². The number of methoxy groups -OCH3 is 1. The van der Waals surface area contributed by atoms with E-state index in [-0.39, 0.29) is 0 Å². The van der Waals surface area contributed by atoms with Crippen LogP contribution in [0.2, 0.25) is 0 Å². The fourth-order valence-corrected chi connectivity index (χ4v) is 2.61. The summed E-state index contributed by atoms with van der Waals surface area (Å²) in [6.07, 6.45) is 2.61. The number of rotatable bonds is 9. The number of hydrogen-bond donors (Lipinski definition) is 2. The molecule has 6 nitrogen and oxygen atoms in total. The second-order valence-corrected chi connectivity index (χ2v) is 5.88. The maximum absolute atomic E-state index is 5.45. The molecule has 3 aromatic rings. The molecule has 0 bridgehead atoms. The van der Waals surface area contributed by atoms with E-state index in [1.165, 1.54) is 5.56 Å². The maximum atomic E-state index is 5.45. The summed E-state index contributed by atoms with van der Waals surface area (Å²) in [5, 5.41) is 6.53. The number of anilines is 3. The average Bonchev–Trinajstić information content (AvgIpc) is 2.70. The summed E-state index contributed by atoms with van der Waals surface area (Å²) in [6, 6.07) is 17.6. The quantitative estimate of drug-likeness (QED) is 0.591. The van der Waals surface area contributed by atoms with E-state index in [0.29, 0.717) is 12.6 Å². The lowest BCUT2D eigenvalue weighted by Gasteiger charge is -2.09. The first-order valence-electron chi connectivity index (χ1n) is 8.96. The van der Waals surface area contributed by atoms with Crippen LogP contribution in [0.4, 0.5) is 17.5 Å². The number of ether oxygens (including phenoxy) is 2. The van der Waals surface area contributed by atoms with Gasteiger partial charge in [0.2, 0.25) is 5.95 Å². The molecule has 0 aliphatic carbocycles. The molecule has 0 atom stereocenters. The standard InChI is InChI=1S/C21H24N4O2/c1-3-27-18-9-7-17(8-10-18)24-21-23-14-12-20(25-21)22-13-11-16-5-4-6-19(15-16)26-2/h4-10,12,14-15H,3,11,13H2,1-2H3,(H2,22,23,24,25). The molecule has 6 heteroatoms. The monoisotopic (exact) mass is 364 g/mol. The van der Waals surface area contributed by atoms with Crippen LogP contribution in [0.5, 0.6) is 11.5 Å². The van der Waals surface area contributed by atoms with E-state index in [2.05, 4.69) is 26.7 Å².